The summed E-state index contributed by atoms with van der Waals surface area (Å²) in [5.74, 6) is 0. The SMILES string of the molecule is CC1(c2ccccc2)c2ccccc2-c2c(N(c3cccc(-c4ccc5c6ccccc6n(-c6ccccc6)c5c4)c3)c3ccccc3-c3ccccc3-c3ccccc3-c3ccccc3)cccc21. The molecule has 0 saturated carbocycles. The van der Waals surface area contributed by atoms with Crippen molar-refractivity contribution >= 4 is 38.9 Å². The van der Waals surface area contributed by atoms with Crippen LogP contribution in [0.3, 0.4) is 0 Å². The molecule has 0 radical (unpaired) electrons. The first-order valence-corrected chi connectivity index (χ1v) is 24.3. The second-order valence-electron chi connectivity index (χ2n) is 18.5. The third-order valence-electron chi connectivity index (χ3n) is 14.7. The molecule has 2 nitrogen and oxygen atoms in total. The Balaban J connectivity index is 1.05. The van der Waals surface area contributed by atoms with E-state index >= 15 is 0 Å². The van der Waals surface area contributed by atoms with Crippen LogP contribution in [0.4, 0.5) is 17.1 Å². The van der Waals surface area contributed by atoms with Crippen LogP contribution in [0, 0.1) is 0 Å². The quantitative estimate of drug-likeness (QED) is 0.140. The Hall–Kier alpha value is -8.98. The van der Waals surface area contributed by atoms with Crippen molar-refractivity contribution in [1.29, 1.82) is 0 Å². The van der Waals surface area contributed by atoms with Crippen LogP contribution in [-0.4, -0.2) is 4.57 Å². The van der Waals surface area contributed by atoms with Crippen molar-refractivity contribution in [3.05, 3.63) is 290 Å². The lowest BCUT2D eigenvalue weighted by Crippen LogP contribution is -2.22. The largest absolute Gasteiger partial charge is 0.309 e. The van der Waals surface area contributed by atoms with Gasteiger partial charge in [-0.05, 0) is 117 Å². The predicted octanol–water partition coefficient (Wildman–Crippen LogP) is 18.3. The molecule has 11 aromatic carbocycles. The third-order valence-corrected chi connectivity index (χ3v) is 14.7. The van der Waals surface area contributed by atoms with Crippen LogP contribution in [0.2, 0.25) is 0 Å². The molecule has 330 valence electrons. The fourth-order valence-electron chi connectivity index (χ4n) is 11.5. The van der Waals surface area contributed by atoms with E-state index in [9.17, 15) is 0 Å². The summed E-state index contributed by atoms with van der Waals surface area (Å²) >= 11 is 0. The van der Waals surface area contributed by atoms with E-state index in [2.05, 4.69) is 289 Å². The van der Waals surface area contributed by atoms with Gasteiger partial charge in [0.1, 0.15) is 0 Å². The summed E-state index contributed by atoms with van der Waals surface area (Å²) in [6.45, 7) is 2.40. The zero-order valence-electron chi connectivity index (χ0n) is 38.9. The van der Waals surface area contributed by atoms with E-state index in [-0.39, 0.29) is 5.41 Å². The van der Waals surface area contributed by atoms with Gasteiger partial charge in [-0.15, -0.1) is 0 Å². The van der Waals surface area contributed by atoms with Gasteiger partial charge in [0.25, 0.3) is 0 Å². The average molecular weight is 893 g/mol. The van der Waals surface area contributed by atoms with Gasteiger partial charge in [0.2, 0.25) is 0 Å². The van der Waals surface area contributed by atoms with E-state index in [0.717, 1.165) is 39.4 Å². The van der Waals surface area contributed by atoms with Gasteiger partial charge in [0, 0.05) is 38.7 Å². The minimum absolute atomic E-state index is 0.364. The summed E-state index contributed by atoms with van der Waals surface area (Å²) in [7, 11) is 0. The minimum Gasteiger partial charge on any atom is -0.309 e. The number of para-hydroxylation sites is 3. The summed E-state index contributed by atoms with van der Waals surface area (Å²) in [4.78, 5) is 2.53. The van der Waals surface area contributed by atoms with Crippen LogP contribution in [0.1, 0.15) is 23.6 Å². The molecule has 0 fully saturated rings. The molecular formula is C68H48N2. The summed E-state index contributed by atoms with van der Waals surface area (Å²) < 4.78 is 2.41. The van der Waals surface area contributed by atoms with Gasteiger partial charge in [-0.1, -0.05) is 224 Å². The molecule has 0 spiro atoms. The molecule has 1 aliphatic carbocycles. The van der Waals surface area contributed by atoms with Gasteiger partial charge < -0.3 is 9.47 Å². The second kappa shape index (κ2) is 17.0. The van der Waals surface area contributed by atoms with E-state index < -0.39 is 0 Å². The number of nitrogens with zero attached hydrogens (tertiary/aromatic N) is 2. The first kappa shape index (κ1) is 41.2. The Morgan fingerprint density at radius 3 is 1.61 bits per heavy atom. The Labute approximate surface area is 409 Å². The number of hydrogen-bond donors (Lipinski definition) is 0. The fourth-order valence-corrected chi connectivity index (χ4v) is 11.5. The van der Waals surface area contributed by atoms with Crippen LogP contribution >= 0.6 is 0 Å². The highest BCUT2D eigenvalue weighted by atomic mass is 15.1. The van der Waals surface area contributed by atoms with Crippen molar-refractivity contribution < 1.29 is 0 Å². The van der Waals surface area contributed by atoms with Crippen molar-refractivity contribution in [2.45, 2.75) is 12.3 Å². The highest BCUT2D eigenvalue weighted by Gasteiger charge is 2.42. The summed E-state index contributed by atoms with van der Waals surface area (Å²) in [5, 5.41) is 2.49. The summed E-state index contributed by atoms with van der Waals surface area (Å²) in [6, 6.07) is 100. The molecule has 2 heteroatoms. The lowest BCUT2D eigenvalue weighted by Gasteiger charge is -2.32. The van der Waals surface area contributed by atoms with Gasteiger partial charge in [0.05, 0.1) is 22.4 Å². The molecule has 1 unspecified atom stereocenters. The van der Waals surface area contributed by atoms with E-state index in [4.69, 9.17) is 0 Å². The first-order valence-electron chi connectivity index (χ1n) is 24.3. The highest BCUT2D eigenvalue weighted by Crippen LogP contribution is 2.57. The molecule has 1 aliphatic rings. The molecule has 0 amide bonds. The molecule has 70 heavy (non-hydrogen) atoms. The number of rotatable bonds is 9. The van der Waals surface area contributed by atoms with Crippen LogP contribution in [-0.2, 0) is 5.41 Å². The highest BCUT2D eigenvalue weighted by molar-refractivity contribution is 6.10. The lowest BCUT2D eigenvalue weighted by atomic mass is 9.74. The van der Waals surface area contributed by atoms with Crippen LogP contribution in [0.5, 0.6) is 0 Å². The molecular weight excluding hydrogens is 845 g/mol. The van der Waals surface area contributed by atoms with Crippen molar-refractivity contribution in [2.75, 3.05) is 4.90 Å². The molecule has 1 aromatic heterocycles. The summed E-state index contributed by atoms with van der Waals surface area (Å²) in [6.07, 6.45) is 0. The fraction of sp³-hybridized carbons (Fsp3) is 0.0294. The Morgan fingerprint density at radius 2 is 0.843 bits per heavy atom. The van der Waals surface area contributed by atoms with Gasteiger partial charge in [-0.3, -0.25) is 0 Å². The zero-order valence-corrected chi connectivity index (χ0v) is 38.9. The third kappa shape index (κ3) is 6.64. The molecule has 0 saturated heterocycles. The molecule has 12 aromatic rings. The number of anilines is 3. The van der Waals surface area contributed by atoms with Crippen LogP contribution in [0.25, 0.3) is 83.1 Å². The van der Waals surface area contributed by atoms with E-state index in [1.807, 2.05) is 0 Å². The molecule has 0 bridgehead atoms. The van der Waals surface area contributed by atoms with Crippen molar-refractivity contribution in [3.8, 4) is 61.3 Å². The first-order chi connectivity index (χ1) is 34.6. The van der Waals surface area contributed by atoms with Gasteiger partial charge >= 0.3 is 0 Å². The van der Waals surface area contributed by atoms with Gasteiger partial charge in [-0.2, -0.15) is 0 Å². The van der Waals surface area contributed by atoms with Crippen LogP contribution in [0.15, 0.2) is 273 Å². The van der Waals surface area contributed by atoms with E-state index in [0.29, 0.717) is 0 Å². The average Bonchev–Trinajstić information content (AvgIpc) is 3.91. The summed E-state index contributed by atoms with van der Waals surface area (Å²) in [5.41, 5.74) is 22.3. The van der Waals surface area contributed by atoms with Crippen molar-refractivity contribution in [3.63, 3.8) is 0 Å². The second-order valence-corrected chi connectivity index (χ2v) is 18.5. The monoisotopic (exact) mass is 892 g/mol. The molecule has 0 N–H and O–H groups in total. The molecule has 1 atom stereocenters. The molecule has 1 heterocycles. The van der Waals surface area contributed by atoms with E-state index in [1.165, 1.54) is 77.4 Å². The maximum absolute atomic E-state index is 2.53. The van der Waals surface area contributed by atoms with Crippen molar-refractivity contribution in [2.24, 2.45) is 0 Å². The number of hydrogen-bond acceptors (Lipinski definition) is 1. The van der Waals surface area contributed by atoms with Gasteiger partial charge in [-0.25, -0.2) is 0 Å². The Bertz CT molecular complexity index is 3900. The molecule has 0 aliphatic heterocycles. The number of aromatic nitrogens is 1. The zero-order chi connectivity index (χ0) is 46.6. The number of benzene rings is 11. The Kier molecular flexibility index (Phi) is 9.99. The van der Waals surface area contributed by atoms with Crippen molar-refractivity contribution in [1.82, 2.24) is 4.57 Å². The van der Waals surface area contributed by atoms with Crippen LogP contribution < -0.4 is 4.90 Å². The normalized spacial score (nSPS) is 13.8. The topological polar surface area (TPSA) is 8.17 Å². The minimum atomic E-state index is -0.364. The lowest BCUT2D eigenvalue weighted by molar-refractivity contribution is 0.714. The molecule has 13 rings (SSSR count). The number of fused-ring (bicyclic) bond motifs is 6. The van der Waals surface area contributed by atoms with Gasteiger partial charge in [0.15, 0.2) is 0 Å². The van der Waals surface area contributed by atoms with E-state index in [1.54, 1.807) is 0 Å². The maximum Gasteiger partial charge on any atom is 0.0547 e. The standard InChI is InChI=1S/C68H48N2/c1-68(50-26-7-3-8-27-50)61-38-18-15-37-60(61)67-62(68)39-22-42-65(67)70(63-40-19-16-35-57(63)56-34-14-13-33-55(56)54-32-12-11-31-53(54)47-23-5-2-6-24-47)52-30-21-25-48(45-52)49-43-44-59-58-36-17-20-41-64(58)69(66(59)46-49)51-28-9-4-10-29-51/h2-46H,1H3. The predicted molar refractivity (Wildman–Crippen MR) is 295 cm³/mol. The Morgan fingerprint density at radius 1 is 0.329 bits per heavy atom. The maximum atomic E-state index is 2.53. The smallest absolute Gasteiger partial charge is 0.0547 e.